The molecule has 1 aliphatic heterocycles. The highest BCUT2D eigenvalue weighted by atomic mass is 32.1. The number of nitrogens with one attached hydrogen (secondary N) is 1. The standard InChI is InChI=1S/C14H12N2O4S/c1-7-2-4-8(5-3-7)16-13(21)10-9(17)6-15-11(12(10)18)14(19)20/h2-5,17H,6H2,1H3,(H,16,21)(H,19,20). The van der Waals surface area contributed by atoms with Gasteiger partial charge in [-0.15, -0.1) is 0 Å². The molecule has 3 N–H and O–H groups in total. The lowest BCUT2D eigenvalue weighted by atomic mass is 10.0. The fourth-order valence-electron chi connectivity index (χ4n) is 1.78. The van der Waals surface area contributed by atoms with Crippen LogP contribution in [0.2, 0.25) is 0 Å². The van der Waals surface area contributed by atoms with Gasteiger partial charge in [0.15, 0.2) is 5.71 Å². The lowest BCUT2D eigenvalue weighted by Crippen LogP contribution is -2.34. The van der Waals surface area contributed by atoms with E-state index in [-0.39, 0.29) is 22.9 Å². The van der Waals surface area contributed by atoms with Crippen LogP contribution < -0.4 is 5.32 Å². The van der Waals surface area contributed by atoms with Crippen LogP contribution in [0.5, 0.6) is 0 Å². The quantitative estimate of drug-likeness (QED) is 0.734. The zero-order chi connectivity index (χ0) is 15.6. The molecule has 0 bridgehead atoms. The number of aryl methyl sites for hydroxylation is 1. The molecule has 1 aromatic rings. The number of aliphatic hydroxyl groups is 1. The third-order valence-electron chi connectivity index (χ3n) is 2.86. The van der Waals surface area contributed by atoms with Gasteiger partial charge in [0.2, 0.25) is 5.78 Å². The number of carboxylic acids is 1. The van der Waals surface area contributed by atoms with Gasteiger partial charge in [-0.3, -0.25) is 9.79 Å². The molecule has 1 heterocycles. The van der Waals surface area contributed by atoms with Crippen molar-refractivity contribution in [3.63, 3.8) is 0 Å². The Morgan fingerprint density at radius 1 is 1.33 bits per heavy atom. The molecule has 0 fully saturated rings. The van der Waals surface area contributed by atoms with E-state index in [0.29, 0.717) is 5.69 Å². The Bertz CT molecular complexity index is 689. The third-order valence-corrected chi connectivity index (χ3v) is 3.16. The summed E-state index contributed by atoms with van der Waals surface area (Å²) in [5, 5.41) is 21.5. The van der Waals surface area contributed by atoms with Crippen molar-refractivity contribution in [1.29, 1.82) is 0 Å². The van der Waals surface area contributed by atoms with Crippen LogP contribution in [-0.2, 0) is 9.59 Å². The number of carbonyl (C=O) groups excluding carboxylic acids is 1. The van der Waals surface area contributed by atoms with Crippen molar-refractivity contribution in [2.24, 2.45) is 4.99 Å². The topological polar surface area (TPSA) is 99.0 Å². The first-order chi connectivity index (χ1) is 9.90. The lowest BCUT2D eigenvalue weighted by molar-refractivity contribution is -0.130. The molecule has 7 heteroatoms. The number of benzene rings is 1. The summed E-state index contributed by atoms with van der Waals surface area (Å²) < 4.78 is 0. The summed E-state index contributed by atoms with van der Waals surface area (Å²) in [6, 6.07) is 7.23. The molecular weight excluding hydrogens is 292 g/mol. The molecule has 0 atom stereocenters. The Morgan fingerprint density at radius 3 is 2.52 bits per heavy atom. The maximum atomic E-state index is 12.0. The number of carbonyl (C=O) groups is 2. The second-order valence-corrected chi connectivity index (χ2v) is 4.85. The van der Waals surface area contributed by atoms with E-state index in [2.05, 4.69) is 10.3 Å². The van der Waals surface area contributed by atoms with Crippen LogP contribution in [-0.4, -0.2) is 39.2 Å². The number of Topliss-reactive ketones (excluding diaryl/α,β-unsaturated/α-hetero) is 1. The lowest BCUT2D eigenvalue weighted by Gasteiger charge is -2.16. The normalized spacial score (nSPS) is 14.7. The van der Waals surface area contributed by atoms with Gasteiger partial charge >= 0.3 is 5.97 Å². The van der Waals surface area contributed by atoms with E-state index >= 15 is 0 Å². The minimum absolute atomic E-state index is 0.0324. The predicted octanol–water partition coefficient (Wildman–Crippen LogP) is 1.65. The number of hydrogen-bond acceptors (Lipinski definition) is 5. The van der Waals surface area contributed by atoms with Gasteiger partial charge in [-0.25, -0.2) is 4.79 Å². The SMILES string of the molecule is Cc1ccc(NC(=S)C2=C(O)CN=C(C(=O)O)C2=O)cc1. The molecule has 0 saturated heterocycles. The first-order valence-electron chi connectivity index (χ1n) is 6.02. The molecule has 0 aliphatic carbocycles. The van der Waals surface area contributed by atoms with Gasteiger partial charge < -0.3 is 15.5 Å². The summed E-state index contributed by atoms with van der Waals surface area (Å²) in [5.74, 6) is -2.67. The molecule has 6 nitrogen and oxygen atoms in total. The second kappa shape index (κ2) is 5.84. The van der Waals surface area contributed by atoms with Crippen molar-refractivity contribution in [3.8, 4) is 0 Å². The summed E-state index contributed by atoms with van der Waals surface area (Å²) in [5.41, 5.74) is 0.842. The molecule has 0 amide bonds. The summed E-state index contributed by atoms with van der Waals surface area (Å²) in [6.45, 7) is 1.65. The first-order valence-corrected chi connectivity index (χ1v) is 6.43. The summed E-state index contributed by atoms with van der Waals surface area (Å²) in [4.78, 5) is 26.4. The van der Waals surface area contributed by atoms with Gasteiger partial charge in [-0.1, -0.05) is 29.9 Å². The average molecular weight is 304 g/mol. The van der Waals surface area contributed by atoms with Gasteiger partial charge in [0, 0.05) is 5.69 Å². The molecular formula is C14H12N2O4S. The molecule has 1 aliphatic rings. The van der Waals surface area contributed by atoms with Gasteiger partial charge in [0.1, 0.15) is 10.7 Å². The van der Waals surface area contributed by atoms with Crippen LogP contribution in [0.4, 0.5) is 5.69 Å². The average Bonchev–Trinajstić information content (AvgIpc) is 2.41. The van der Waals surface area contributed by atoms with E-state index in [4.69, 9.17) is 17.3 Å². The number of hydrogen-bond donors (Lipinski definition) is 3. The number of aliphatic carboxylic acids is 1. The number of thiocarbonyl (C=S) groups is 1. The van der Waals surface area contributed by atoms with Crippen LogP contribution in [0.25, 0.3) is 0 Å². The number of ketones is 1. The maximum Gasteiger partial charge on any atom is 0.358 e. The smallest absolute Gasteiger partial charge is 0.358 e. The fraction of sp³-hybridized carbons (Fsp3) is 0.143. The van der Waals surface area contributed by atoms with Gasteiger partial charge in [0.25, 0.3) is 0 Å². The molecule has 2 rings (SSSR count). The second-order valence-electron chi connectivity index (χ2n) is 4.44. The Labute approximate surface area is 125 Å². The van der Waals surface area contributed by atoms with Gasteiger partial charge in [-0.2, -0.15) is 0 Å². The highest BCUT2D eigenvalue weighted by Crippen LogP contribution is 2.17. The molecule has 0 radical (unpaired) electrons. The zero-order valence-corrected chi connectivity index (χ0v) is 11.9. The Morgan fingerprint density at radius 2 is 1.95 bits per heavy atom. The number of dihydropyridines is 1. The Hall–Kier alpha value is -2.54. The molecule has 0 aromatic heterocycles. The van der Waals surface area contributed by atoms with Crippen molar-refractivity contribution in [2.75, 3.05) is 11.9 Å². The zero-order valence-electron chi connectivity index (χ0n) is 11.1. The van der Waals surface area contributed by atoms with E-state index in [9.17, 15) is 14.7 Å². The number of aliphatic imine (C=N–C) groups is 1. The van der Waals surface area contributed by atoms with E-state index in [1.807, 2.05) is 19.1 Å². The highest BCUT2D eigenvalue weighted by Gasteiger charge is 2.32. The van der Waals surface area contributed by atoms with E-state index < -0.39 is 17.5 Å². The van der Waals surface area contributed by atoms with E-state index in [0.717, 1.165) is 5.56 Å². The molecule has 0 spiro atoms. The Kier molecular flexibility index (Phi) is 4.13. The summed E-state index contributed by atoms with van der Waals surface area (Å²) in [6.07, 6.45) is 0. The van der Waals surface area contributed by atoms with Crippen molar-refractivity contribution >= 4 is 40.4 Å². The minimum Gasteiger partial charge on any atom is -0.509 e. The number of rotatable bonds is 3. The van der Waals surface area contributed by atoms with Crippen LogP contribution in [0.15, 0.2) is 40.6 Å². The van der Waals surface area contributed by atoms with E-state index in [1.165, 1.54) is 0 Å². The number of nitrogens with zero attached hydrogens (tertiary/aromatic N) is 1. The van der Waals surface area contributed by atoms with Crippen molar-refractivity contribution in [2.45, 2.75) is 6.92 Å². The number of carboxylic acid groups (broad SMARTS) is 1. The first kappa shape index (κ1) is 14.9. The molecule has 1 aromatic carbocycles. The third kappa shape index (κ3) is 3.14. The monoisotopic (exact) mass is 304 g/mol. The van der Waals surface area contributed by atoms with Crippen molar-refractivity contribution < 1.29 is 19.8 Å². The predicted molar refractivity (Wildman–Crippen MR) is 82.0 cm³/mol. The van der Waals surface area contributed by atoms with Gasteiger partial charge in [0.05, 0.1) is 12.1 Å². The molecule has 108 valence electrons. The van der Waals surface area contributed by atoms with Crippen molar-refractivity contribution in [1.82, 2.24) is 0 Å². The number of anilines is 1. The summed E-state index contributed by atoms with van der Waals surface area (Å²) in [7, 11) is 0. The molecule has 0 unspecified atom stereocenters. The van der Waals surface area contributed by atoms with E-state index in [1.54, 1.807) is 12.1 Å². The van der Waals surface area contributed by atoms with Crippen LogP contribution >= 0.6 is 12.2 Å². The number of aliphatic hydroxyl groups excluding tert-OH is 1. The Balaban J connectivity index is 2.23. The minimum atomic E-state index is -1.44. The van der Waals surface area contributed by atoms with Crippen molar-refractivity contribution in [3.05, 3.63) is 41.2 Å². The van der Waals surface area contributed by atoms with Crippen LogP contribution in [0.3, 0.4) is 0 Å². The summed E-state index contributed by atoms with van der Waals surface area (Å²) >= 11 is 5.08. The van der Waals surface area contributed by atoms with Gasteiger partial charge in [-0.05, 0) is 19.1 Å². The largest absolute Gasteiger partial charge is 0.509 e. The fourth-order valence-corrected chi connectivity index (χ4v) is 2.11. The molecule has 0 saturated carbocycles. The van der Waals surface area contributed by atoms with Crippen LogP contribution in [0.1, 0.15) is 5.56 Å². The maximum absolute atomic E-state index is 12.0. The highest BCUT2D eigenvalue weighted by molar-refractivity contribution is 7.81. The van der Waals surface area contributed by atoms with Crippen LogP contribution in [0, 0.1) is 6.92 Å². The molecule has 21 heavy (non-hydrogen) atoms.